The Morgan fingerprint density at radius 3 is 2.71 bits per heavy atom. The minimum Gasteiger partial charge on any atom is -0.348 e. The van der Waals surface area contributed by atoms with E-state index >= 15 is 0 Å². The summed E-state index contributed by atoms with van der Waals surface area (Å²) in [6.45, 7) is 2.28. The lowest BCUT2D eigenvalue weighted by molar-refractivity contribution is 0.0918. The average molecular weight is 343 g/mol. The molecule has 1 aromatic carbocycles. The van der Waals surface area contributed by atoms with Gasteiger partial charge in [-0.15, -0.1) is 11.3 Å². The highest BCUT2D eigenvalue weighted by Gasteiger charge is 2.22. The first-order valence-corrected chi connectivity index (χ1v) is 9.55. The van der Waals surface area contributed by atoms with Gasteiger partial charge >= 0.3 is 0 Å². The number of amides is 1. The molecule has 4 nitrogen and oxygen atoms in total. The molecule has 5 heteroatoms. The first-order valence-electron chi connectivity index (χ1n) is 8.67. The largest absolute Gasteiger partial charge is 0.348 e. The number of hydrogen-bond donors (Lipinski definition) is 2. The molecule has 3 rings (SSSR count). The second-order valence-electron chi connectivity index (χ2n) is 6.80. The van der Waals surface area contributed by atoms with Crippen molar-refractivity contribution in [3.8, 4) is 0 Å². The van der Waals surface area contributed by atoms with Crippen molar-refractivity contribution >= 4 is 17.2 Å². The molecule has 0 bridgehead atoms. The molecule has 1 fully saturated rings. The Labute approximate surface area is 147 Å². The Morgan fingerprint density at radius 2 is 2.00 bits per heavy atom. The van der Waals surface area contributed by atoms with Gasteiger partial charge in [0.1, 0.15) is 10.7 Å². The van der Waals surface area contributed by atoms with Crippen molar-refractivity contribution in [2.24, 2.45) is 11.7 Å². The Hall–Kier alpha value is -1.72. The predicted molar refractivity (Wildman–Crippen MR) is 98.1 cm³/mol. The van der Waals surface area contributed by atoms with Crippen LogP contribution >= 0.6 is 11.3 Å². The monoisotopic (exact) mass is 343 g/mol. The second-order valence-corrected chi connectivity index (χ2v) is 7.69. The third-order valence-electron chi connectivity index (χ3n) is 4.72. The molecule has 0 spiro atoms. The predicted octanol–water partition coefficient (Wildman–Crippen LogP) is 3.69. The van der Waals surface area contributed by atoms with E-state index in [0.29, 0.717) is 5.69 Å². The molecular weight excluding hydrogens is 318 g/mol. The van der Waals surface area contributed by atoms with Crippen molar-refractivity contribution in [2.45, 2.75) is 51.1 Å². The van der Waals surface area contributed by atoms with E-state index in [4.69, 9.17) is 5.73 Å². The number of thiazole rings is 1. The highest BCUT2D eigenvalue weighted by molar-refractivity contribution is 7.09. The van der Waals surface area contributed by atoms with Crippen LogP contribution in [0.3, 0.4) is 0 Å². The third kappa shape index (κ3) is 4.42. The Kier molecular flexibility index (Phi) is 5.63. The van der Waals surface area contributed by atoms with Crippen LogP contribution in [-0.4, -0.2) is 16.9 Å². The molecule has 0 aliphatic heterocycles. The SMILES string of the molecule is CC1CCC(NC(=O)c2csc(C(N)Cc3ccccc3)n2)CC1. The van der Waals surface area contributed by atoms with Crippen LogP contribution in [0.5, 0.6) is 0 Å². The number of nitrogens with zero attached hydrogens (tertiary/aromatic N) is 1. The molecule has 1 aromatic heterocycles. The summed E-state index contributed by atoms with van der Waals surface area (Å²) < 4.78 is 0. The van der Waals surface area contributed by atoms with E-state index in [9.17, 15) is 4.79 Å². The van der Waals surface area contributed by atoms with Gasteiger partial charge in [0.25, 0.3) is 5.91 Å². The summed E-state index contributed by atoms with van der Waals surface area (Å²) >= 11 is 1.47. The van der Waals surface area contributed by atoms with Gasteiger partial charge < -0.3 is 11.1 Å². The van der Waals surface area contributed by atoms with Gasteiger partial charge in [0.05, 0.1) is 6.04 Å². The standard InChI is InChI=1S/C19H25N3OS/c1-13-7-9-15(10-8-13)21-18(23)17-12-24-19(22-17)16(20)11-14-5-3-2-4-6-14/h2-6,12-13,15-16H,7-11,20H2,1H3,(H,21,23). The van der Waals surface area contributed by atoms with Crippen molar-refractivity contribution in [1.29, 1.82) is 0 Å². The van der Waals surface area contributed by atoms with E-state index in [1.165, 1.54) is 29.7 Å². The Balaban J connectivity index is 1.57. The molecule has 1 saturated carbocycles. The van der Waals surface area contributed by atoms with Crippen molar-refractivity contribution in [3.05, 3.63) is 52.0 Å². The van der Waals surface area contributed by atoms with E-state index in [2.05, 4.69) is 29.4 Å². The summed E-state index contributed by atoms with van der Waals surface area (Å²) in [7, 11) is 0. The highest BCUT2D eigenvalue weighted by atomic mass is 32.1. The highest BCUT2D eigenvalue weighted by Crippen LogP contribution is 2.24. The number of benzene rings is 1. The lowest BCUT2D eigenvalue weighted by Gasteiger charge is -2.26. The Bertz CT molecular complexity index is 662. The smallest absolute Gasteiger partial charge is 0.270 e. The summed E-state index contributed by atoms with van der Waals surface area (Å²) in [5.41, 5.74) is 7.94. The molecule has 1 amide bonds. The first kappa shape index (κ1) is 17.1. The maximum Gasteiger partial charge on any atom is 0.270 e. The fraction of sp³-hybridized carbons (Fsp3) is 0.474. The minimum atomic E-state index is -0.172. The molecule has 1 aliphatic rings. The molecular formula is C19H25N3OS. The van der Waals surface area contributed by atoms with Crippen LogP contribution in [0.25, 0.3) is 0 Å². The number of rotatable bonds is 5. The van der Waals surface area contributed by atoms with E-state index in [0.717, 1.165) is 30.2 Å². The van der Waals surface area contributed by atoms with Crippen LogP contribution < -0.4 is 11.1 Å². The molecule has 2 aromatic rings. The van der Waals surface area contributed by atoms with E-state index in [-0.39, 0.29) is 18.0 Å². The van der Waals surface area contributed by atoms with Gasteiger partial charge in [0.15, 0.2) is 0 Å². The van der Waals surface area contributed by atoms with Gasteiger partial charge in [-0.3, -0.25) is 4.79 Å². The lowest BCUT2D eigenvalue weighted by atomic mass is 9.87. The van der Waals surface area contributed by atoms with E-state index < -0.39 is 0 Å². The van der Waals surface area contributed by atoms with Crippen molar-refractivity contribution in [3.63, 3.8) is 0 Å². The lowest BCUT2D eigenvalue weighted by Crippen LogP contribution is -2.37. The van der Waals surface area contributed by atoms with Gasteiger partial charge in [0, 0.05) is 11.4 Å². The quantitative estimate of drug-likeness (QED) is 0.870. The molecule has 128 valence electrons. The average Bonchev–Trinajstić information content (AvgIpc) is 3.08. The molecule has 0 saturated heterocycles. The molecule has 1 aliphatic carbocycles. The second kappa shape index (κ2) is 7.90. The number of hydrogen-bond acceptors (Lipinski definition) is 4. The first-order chi connectivity index (χ1) is 11.6. The fourth-order valence-corrected chi connectivity index (χ4v) is 3.98. The third-order valence-corrected chi connectivity index (χ3v) is 5.70. The summed E-state index contributed by atoms with van der Waals surface area (Å²) in [4.78, 5) is 16.8. The zero-order chi connectivity index (χ0) is 16.9. The molecule has 1 unspecified atom stereocenters. The molecule has 1 heterocycles. The maximum atomic E-state index is 12.4. The molecule has 0 radical (unpaired) electrons. The number of carbonyl (C=O) groups excluding carboxylic acids is 1. The molecule has 24 heavy (non-hydrogen) atoms. The van der Waals surface area contributed by atoms with Crippen LogP contribution in [0.2, 0.25) is 0 Å². The number of aromatic nitrogens is 1. The molecule has 3 N–H and O–H groups in total. The summed E-state index contributed by atoms with van der Waals surface area (Å²) in [5, 5.41) is 5.76. The van der Waals surface area contributed by atoms with Gasteiger partial charge in [-0.2, -0.15) is 0 Å². The summed E-state index contributed by atoms with van der Waals surface area (Å²) in [5.74, 6) is 0.712. The van der Waals surface area contributed by atoms with Crippen molar-refractivity contribution < 1.29 is 4.79 Å². The number of nitrogens with one attached hydrogen (secondary N) is 1. The summed E-state index contributed by atoms with van der Waals surface area (Å²) in [6.07, 6.45) is 5.25. The zero-order valence-electron chi connectivity index (χ0n) is 14.1. The van der Waals surface area contributed by atoms with Gasteiger partial charge in [-0.1, -0.05) is 37.3 Å². The number of carbonyl (C=O) groups is 1. The normalized spacial score (nSPS) is 22.1. The van der Waals surface area contributed by atoms with Gasteiger partial charge in [0.2, 0.25) is 0 Å². The van der Waals surface area contributed by atoms with Crippen LogP contribution in [0.15, 0.2) is 35.7 Å². The minimum absolute atomic E-state index is 0.0658. The van der Waals surface area contributed by atoms with Crippen molar-refractivity contribution in [2.75, 3.05) is 0 Å². The fourth-order valence-electron chi connectivity index (χ4n) is 3.18. The van der Waals surface area contributed by atoms with E-state index in [1.807, 2.05) is 23.6 Å². The molecule has 1 atom stereocenters. The van der Waals surface area contributed by atoms with Gasteiger partial charge in [-0.25, -0.2) is 4.98 Å². The van der Waals surface area contributed by atoms with Gasteiger partial charge in [-0.05, 0) is 43.6 Å². The van der Waals surface area contributed by atoms with Crippen LogP contribution in [0.4, 0.5) is 0 Å². The Morgan fingerprint density at radius 1 is 1.29 bits per heavy atom. The van der Waals surface area contributed by atoms with Crippen LogP contribution in [0.1, 0.15) is 59.7 Å². The topological polar surface area (TPSA) is 68.0 Å². The van der Waals surface area contributed by atoms with Crippen LogP contribution in [-0.2, 0) is 6.42 Å². The summed E-state index contributed by atoms with van der Waals surface area (Å²) in [6, 6.07) is 10.2. The zero-order valence-corrected chi connectivity index (χ0v) is 14.9. The maximum absolute atomic E-state index is 12.4. The van der Waals surface area contributed by atoms with Crippen LogP contribution in [0, 0.1) is 5.92 Å². The van der Waals surface area contributed by atoms with Crippen molar-refractivity contribution in [1.82, 2.24) is 10.3 Å². The van der Waals surface area contributed by atoms with E-state index in [1.54, 1.807) is 0 Å². The number of nitrogens with two attached hydrogens (primary N) is 1.